The predicted molar refractivity (Wildman–Crippen MR) is 88.9 cm³/mol. The Kier molecular flexibility index (Phi) is 3.55. The number of amides is 1. The van der Waals surface area contributed by atoms with Crippen molar-refractivity contribution >= 4 is 11.7 Å². The van der Waals surface area contributed by atoms with E-state index >= 15 is 0 Å². The summed E-state index contributed by atoms with van der Waals surface area (Å²) in [6.07, 6.45) is 13.0. The number of fused-ring (bicyclic) bond motifs is 1. The second kappa shape index (κ2) is 6.00. The van der Waals surface area contributed by atoms with Crippen LogP contribution in [0.3, 0.4) is 0 Å². The predicted octanol–water partition coefficient (Wildman–Crippen LogP) is 1.73. The molecule has 0 saturated carbocycles. The molecule has 24 heavy (non-hydrogen) atoms. The Bertz CT molecular complexity index is 842. The molecular weight excluding hydrogens is 302 g/mol. The van der Waals surface area contributed by atoms with Crippen molar-refractivity contribution in [3.05, 3.63) is 90.3 Å². The third-order valence-corrected chi connectivity index (χ3v) is 3.89. The van der Waals surface area contributed by atoms with Gasteiger partial charge in [0.2, 0.25) is 0 Å². The summed E-state index contributed by atoms with van der Waals surface area (Å²) in [4.78, 5) is 21.9. The molecule has 6 heteroatoms. The van der Waals surface area contributed by atoms with Crippen LogP contribution in [0, 0.1) is 0 Å². The number of H-pyrrole nitrogens is 1. The summed E-state index contributed by atoms with van der Waals surface area (Å²) in [5, 5.41) is 6.14. The largest absolute Gasteiger partial charge is 0.355 e. The number of carbonyl (C=O) groups excluding carboxylic acids is 1. The molecule has 2 aliphatic rings. The number of hydrogen-bond donors (Lipinski definition) is 2. The Balaban J connectivity index is 1.64. The second-order valence-electron chi connectivity index (χ2n) is 5.42. The summed E-state index contributed by atoms with van der Waals surface area (Å²) in [5.41, 5.74) is 2.39. The van der Waals surface area contributed by atoms with E-state index in [1.807, 2.05) is 66.0 Å². The summed E-state index contributed by atoms with van der Waals surface area (Å²) in [7, 11) is 0. The number of aromatic amines is 1. The summed E-state index contributed by atoms with van der Waals surface area (Å²) in [6.45, 7) is 0. The maximum absolute atomic E-state index is 12.7. The standard InChI is InChI=1S/C18H15N5O/c24-18(21-15-8-1-3-10-20-15)16-14-7-2-4-11-23(14)17(22-16)13-6-5-9-19-12-13/h1-12,17,22H,(H,20,21,24)/p+1. The van der Waals surface area contributed by atoms with Crippen molar-refractivity contribution in [2.24, 2.45) is 0 Å². The Morgan fingerprint density at radius 3 is 3.00 bits per heavy atom. The van der Waals surface area contributed by atoms with E-state index in [1.54, 1.807) is 12.3 Å². The van der Waals surface area contributed by atoms with Gasteiger partial charge in [0, 0.05) is 18.5 Å². The van der Waals surface area contributed by atoms with Crippen LogP contribution < -0.4 is 15.6 Å². The monoisotopic (exact) mass is 318 g/mol. The Hall–Kier alpha value is -3.41. The van der Waals surface area contributed by atoms with Gasteiger partial charge in [-0.25, -0.2) is 9.97 Å². The smallest absolute Gasteiger partial charge is 0.275 e. The number of nitrogens with one attached hydrogen (secondary N) is 3. The highest BCUT2D eigenvalue weighted by Gasteiger charge is 2.34. The first-order valence-corrected chi connectivity index (χ1v) is 7.65. The molecule has 1 unspecified atom stereocenters. The summed E-state index contributed by atoms with van der Waals surface area (Å²) < 4.78 is 0. The van der Waals surface area contributed by atoms with Crippen molar-refractivity contribution < 1.29 is 9.78 Å². The Morgan fingerprint density at radius 2 is 2.21 bits per heavy atom. The fourth-order valence-electron chi connectivity index (χ4n) is 2.79. The van der Waals surface area contributed by atoms with Crippen molar-refractivity contribution in [3.63, 3.8) is 0 Å². The first-order chi connectivity index (χ1) is 11.8. The Morgan fingerprint density at radius 1 is 1.25 bits per heavy atom. The maximum Gasteiger partial charge on any atom is 0.275 e. The highest BCUT2D eigenvalue weighted by molar-refractivity contribution is 6.04. The molecule has 3 N–H and O–H groups in total. The molecule has 0 aliphatic carbocycles. The van der Waals surface area contributed by atoms with Gasteiger partial charge >= 0.3 is 0 Å². The van der Waals surface area contributed by atoms with E-state index in [9.17, 15) is 4.79 Å². The Labute approximate surface area is 139 Å². The van der Waals surface area contributed by atoms with Crippen LogP contribution in [0.1, 0.15) is 11.7 Å². The molecule has 2 aromatic rings. The minimum Gasteiger partial charge on any atom is -0.355 e. The molecule has 0 saturated heterocycles. The van der Waals surface area contributed by atoms with Gasteiger partial charge in [-0.1, -0.05) is 12.1 Å². The molecule has 6 nitrogen and oxygen atoms in total. The topological polar surface area (TPSA) is 71.4 Å². The van der Waals surface area contributed by atoms with Gasteiger partial charge in [-0.15, -0.1) is 0 Å². The van der Waals surface area contributed by atoms with Crippen LogP contribution in [0.25, 0.3) is 0 Å². The van der Waals surface area contributed by atoms with E-state index in [0.717, 1.165) is 11.3 Å². The number of nitrogens with zero attached hydrogens (tertiary/aromatic N) is 2. The first-order valence-electron chi connectivity index (χ1n) is 7.65. The molecule has 0 fully saturated rings. The number of carbonyl (C=O) groups is 1. The van der Waals surface area contributed by atoms with Crippen LogP contribution in [0.15, 0.2) is 84.7 Å². The van der Waals surface area contributed by atoms with Gasteiger partial charge in [0.05, 0.1) is 11.3 Å². The third-order valence-electron chi connectivity index (χ3n) is 3.89. The normalized spacial score (nSPS) is 18.3. The molecule has 4 heterocycles. The molecule has 1 amide bonds. The van der Waals surface area contributed by atoms with Crippen LogP contribution >= 0.6 is 0 Å². The molecule has 4 rings (SSSR count). The highest BCUT2D eigenvalue weighted by atomic mass is 16.2. The zero-order valence-corrected chi connectivity index (χ0v) is 12.8. The van der Waals surface area contributed by atoms with Crippen molar-refractivity contribution in [2.75, 3.05) is 5.32 Å². The lowest BCUT2D eigenvalue weighted by atomic mass is 10.2. The summed E-state index contributed by atoms with van der Waals surface area (Å²) in [5.74, 6) is 0.312. The second-order valence-corrected chi connectivity index (χ2v) is 5.42. The lowest BCUT2D eigenvalue weighted by molar-refractivity contribution is -0.379. The number of aromatic nitrogens is 2. The van der Waals surface area contributed by atoms with Gasteiger partial charge in [0.15, 0.2) is 12.4 Å². The average Bonchev–Trinajstić information content (AvgIpc) is 3.03. The number of pyridine rings is 2. The zero-order chi connectivity index (χ0) is 16.4. The zero-order valence-electron chi connectivity index (χ0n) is 12.8. The molecule has 0 radical (unpaired) electrons. The quantitative estimate of drug-likeness (QED) is 0.904. The van der Waals surface area contributed by atoms with Crippen molar-refractivity contribution in [1.29, 1.82) is 0 Å². The molecule has 2 aromatic heterocycles. The fourth-order valence-corrected chi connectivity index (χ4v) is 2.79. The fraction of sp³-hybridized carbons (Fsp3) is 0.0556. The minimum absolute atomic E-state index is 0.136. The number of hydrogen-bond acceptors (Lipinski definition) is 4. The van der Waals surface area contributed by atoms with Crippen LogP contribution in [0.5, 0.6) is 0 Å². The number of anilines is 1. The SMILES string of the molecule is O=C(Nc1ccccn1)C1=C2C=CC=CN2C(c2ccc[nH+]c2)N1. The van der Waals surface area contributed by atoms with Crippen molar-refractivity contribution in [1.82, 2.24) is 15.2 Å². The molecule has 1 atom stereocenters. The molecular formula is C18H16N5O+. The van der Waals surface area contributed by atoms with E-state index in [-0.39, 0.29) is 12.1 Å². The van der Waals surface area contributed by atoms with E-state index < -0.39 is 0 Å². The van der Waals surface area contributed by atoms with E-state index in [4.69, 9.17) is 0 Å². The van der Waals surface area contributed by atoms with Gasteiger partial charge in [-0.3, -0.25) is 4.79 Å². The molecule has 2 aliphatic heterocycles. The average molecular weight is 318 g/mol. The molecule has 118 valence electrons. The summed E-state index contributed by atoms with van der Waals surface area (Å²) >= 11 is 0. The van der Waals surface area contributed by atoms with Crippen LogP contribution in [0.4, 0.5) is 5.82 Å². The van der Waals surface area contributed by atoms with Gasteiger partial charge < -0.3 is 15.5 Å². The maximum atomic E-state index is 12.7. The lowest BCUT2D eigenvalue weighted by Gasteiger charge is -2.24. The number of rotatable bonds is 3. The molecule has 0 bridgehead atoms. The van der Waals surface area contributed by atoms with Crippen molar-refractivity contribution in [3.8, 4) is 0 Å². The van der Waals surface area contributed by atoms with Gasteiger partial charge in [-0.2, -0.15) is 0 Å². The van der Waals surface area contributed by atoms with Crippen LogP contribution in [0.2, 0.25) is 0 Å². The van der Waals surface area contributed by atoms with Crippen LogP contribution in [-0.2, 0) is 4.79 Å². The lowest BCUT2D eigenvalue weighted by Crippen LogP contribution is -2.29. The van der Waals surface area contributed by atoms with Crippen molar-refractivity contribution in [2.45, 2.75) is 6.17 Å². The first kappa shape index (κ1) is 14.2. The van der Waals surface area contributed by atoms with Gasteiger partial charge in [0.1, 0.15) is 17.7 Å². The van der Waals surface area contributed by atoms with E-state index in [1.165, 1.54) is 0 Å². The molecule has 0 aromatic carbocycles. The summed E-state index contributed by atoms with van der Waals surface area (Å²) in [6, 6.07) is 9.35. The number of allylic oxidation sites excluding steroid dienone is 3. The minimum atomic E-state index is -0.212. The van der Waals surface area contributed by atoms with Crippen LogP contribution in [-0.4, -0.2) is 15.8 Å². The van der Waals surface area contributed by atoms with E-state index in [2.05, 4.69) is 20.6 Å². The third kappa shape index (κ3) is 2.54. The van der Waals surface area contributed by atoms with E-state index in [0.29, 0.717) is 11.5 Å². The van der Waals surface area contributed by atoms with Gasteiger partial charge in [0.25, 0.3) is 5.91 Å². The highest BCUT2D eigenvalue weighted by Crippen LogP contribution is 2.33. The molecule has 0 spiro atoms. The van der Waals surface area contributed by atoms with Gasteiger partial charge in [-0.05, 0) is 30.4 Å².